The van der Waals surface area contributed by atoms with E-state index in [0.29, 0.717) is 23.6 Å². The Morgan fingerprint density at radius 2 is 1.97 bits per heavy atom. The largest absolute Gasteiger partial charge is 0.494 e. The summed E-state index contributed by atoms with van der Waals surface area (Å²) in [6, 6.07) is 9.43. The molecule has 0 aliphatic carbocycles. The number of benzene rings is 2. The maximum atomic E-state index is 12.8. The van der Waals surface area contributed by atoms with Crippen LogP contribution in [0.1, 0.15) is 19.4 Å². The molecule has 29 heavy (non-hydrogen) atoms. The van der Waals surface area contributed by atoms with Gasteiger partial charge in [-0.05, 0) is 38.5 Å². The molecule has 0 spiro atoms. The second-order valence-electron chi connectivity index (χ2n) is 6.41. The number of nitro benzene ring substituents is 1. The molecule has 0 aliphatic heterocycles. The predicted molar refractivity (Wildman–Crippen MR) is 111 cm³/mol. The third kappa shape index (κ3) is 5.44. The number of amides is 1. The summed E-state index contributed by atoms with van der Waals surface area (Å²) in [5, 5.41) is 13.8. The number of non-ortho nitro benzene ring substituents is 1. The van der Waals surface area contributed by atoms with Crippen LogP contribution in [-0.2, 0) is 14.8 Å². The van der Waals surface area contributed by atoms with E-state index in [4.69, 9.17) is 4.74 Å². The van der Waals surface area contributed by atoms with Crippen LogP contribution in [0.15, 0.2) is 42.5 Å². The minimum absolute atomic E-state index is 0.0763. The number of hydrogen-bond donors (Lipinski definition) is 1. The van der Waals surface area contributed by atoms with Gasteiger partial charge in [-0.1, -0.05) is 12.1 Å². The molecular weight excluding hydrogens is 398 g/mol. The summed E-state index contributed by atoms with van der Waals surface area (Å²) in [6.07, 6.45) is 0.949. The van der Waals surface area contributed by atoms with E-state index in [1.807, 2.05) is 6.92 Å². The summed E-state index contributed by atoms with van der Waals surface area (Å²) in [4.78, 5) is 23.3. The van der Waals surface area contributed by atoms with Gasteiger partial charge in [0.25, 0.3) is 5.69 Å². The molecule has 2 aromatic carbocycles. The lowest BCUT2D eigenvalue weighted by Gasteiger charge is -2.29. The van der Waals surface area contributed by atoms with Crippen molar-refractivity contribution in [2.24, 2.45) is 0 Å². The fourth-order valence-electron chi connectivity index (χ4n) is 2.81. The highest BCUT2D eigenvalue weighted by Gasteiger charge is 2.31. The fraction of sp³-hybridized carbons (Fsp3) is 0.316. The van der Waals surface area contributed by atoms with E-state index in [2.05, 4.69) is 5.32 Å². The highest BCUT2D eigenvalue weighted by atomic mass is 32.2. The number of sulfonamides is 1. The molecule has 10 heteroatoms. The van der Waals surface area contributed by atoms with Crippen molar-refractivity contribution >= 4 is 33.0 Å². The third-order valence-corrected chi connectivity index (χ3v) is 5.37. The Labute approximate surface area is 169 Å². The van der Waals surface area contributed by atoms with Gasteiger partial charge in [-0.2, -0.15) is 0 Å². The Morgan fingerprint density at radius 1 is 1.28 bits per heavy atom. The van der Waals surface area contributed by atoms with Crippen molar-refractivity contribution < 1.29 is 22.9 Å². The van der Waals surface area contributed by atoms with Crippen LogP contribution in [0.4, 0.5) is 17.1 Å². The zero-order valence-electron chi connectivity index (χ0n) is 16.6. The molecule has 1 atom stereocenters. The van der Waals surface area contributed by atoms with Crippen molar-refractivity contribution in [3.05, 3.63) is 58.1 Å². The van der Waals surface area contributed by atoms with Crippen LogP contribution >= 0.6 is 0 Å². The third-order valence-electron chi connectivity index (χ3n) is 4.14. The van der Waals surface area contributed by atoms with Crippen LogP contribution in [0.5, 0.6) is 5.75 Å². The minimum Gasteiger partial charge on any atom is -0.494 e. The van der Waals surface area contributed by atoms with Crippen LogP contribution in [0.25, 0.3) is 0 Å². The van der Waals surface area contributed by atoms with Gasteiger partial charge in [-0.3, -0.25) is 19.2 Å². The number of nitro groups is 1. The zero-order valence-corrected chi connectivity index (χ0v) is 17.4. The van der Waals surface area contributed by atoms with Gasteiger partial charge in [0.05, 0.1) is 23.5 Å². The number of carbonyl (C=O) groups excluding carboxylic acids is 1. The van der Waals surface area contributed by atoms with E-state index in [0.717, 1.165) is 16.6 Å². The van der Waals surface area contributed by atoms with Gasteiger partial charge in [0.1, 0.15) is 11.8 Å². The van der Waals surface area contributed by atoms with Crippen LogP contribution in [-0.4, -0.2) is 38.2 Å². The predicted octanol–water partition coefficient (Wildman–Crippen LogP) is 3.10. The maximum Gasteiger partial charge on any atom is 0.271 e. The first-order valence-corrected chi connectivity index (χ1v) is 10.7. The Hall–Kier alpha value is -3.14. The first-order chi connectivity index (χ1) is 13.5. The lowest BCUT2D eigenvalue weighted by atomic mass is 10.1. The fourth-order valence-corrected chi connectivity index (χ4v) is 4.03. The van der Waals surface area contributed by atoms with Crippen LogP contribution in [0, 0.1) is 17.0 Å². The molecule has 1 N–H and O–H groups in total. The summed E-state index contributed by atoms with van der Waals surface area (Å²) in [5.41, 5.74) is 0.736. The number of ether oxygens (including phenoxy) is 1. The van der Waals surface area contributed by atoms with Crippen molar-refractivity contribution in [3.63, 3.8) is 0 Å². The summed E-state index contributed by atoms with van der Waals surface area (Å²) in [7, 11) is -3.91. The van der Waals surface area contributed by atoms with Crippen molar-refractivity contribution in [1.29, 1.82) is 0 Å². The van der Waals surface area contributed by atoms with Gasteiger partial charge in [0, 0.05) is 23.9 Å². The molecule has 156 valence electrons. The van der Waals surface area contributed by atoms with E-state index in [1.54, 1.807) is 31.2 Å². The van der Waals surface area contributed by atoms with E-state index in [9.17, 15) is 23.3 Å². The second kappa shape index (κ2) is 8.91. The molecule has 9 nitrogen and oxygen atoms in total. The summed E-state index contributed by atoms with van der Waals surface area (Å²) >= 11 is 0. The smallest absolute Gasteiger partial charge is 0.271 e. The monoisotopic (exact) mass is 421 g/mol. The molecule has 0 fully saturated rings. The standard InChI is InChI=1S/C19H23N3O6S/c1-5-28-17-8-6-7-15(11-17)20-19(23)14(3)21(29(4,26)27)18-12-16(22(24)25)10-9-13(18)2/h6-12,14H,5H2,1-4H3,(H,20,23)/t14-/m1/s1. The zero-order chi connectivity index (χ0) is 21.8. The minimum atomic E-state index is -3.91. The van der Waals surface area contributed by atoms with Gasteiger partial charge in [0.15, 0.2) is 0 Å². The number of aryl methyl sites for hydroxylation is 1. The van der Waals surface area contributed by atoms with Gasteiger partial charge in [-0.15, -0.1) is 0 Å². The maximum absolute atomic E-state index is 12.8. The quantitative estimate of drug-likeness (QED) is 0.517. The van der Waals surface area contributed by atoms with Gasteiger partial charge >= 0.3 is 0 Å². The normalized spacial score (nSPS) is 12.1. The topological polar surface area (TPSA) is 119 Å². The molecule has 2 aromatic rings. The molecule has 0 bridgehead atoms. The lowest BCUT2D eigenvalue weighted by Crippen LogP contribution is -2.45. The number of nitrogens with zero attached hydrogens (tertiary/aromatic N) is 2. The summed E-state index contributed by atoms with van der Waals surface area (Å²) in [6.45, 7) is 5.33. The molecule has 0 aliphatic rings. The average Bonchev–Trinajstić information content (AvgIpc) is 2.62. The second-order valence-corrected chi connectivity index (χ2v) is 8.27. The van der Waals surface area contributed by atoms with E-state index in [1.165, 1.54) is 19.1 Å². The van der Waals surface area contributed by atoms with Gasteiger partial charge in [0.2, 0.25) is 15.9 Å². The van der Waals surface area contributed by atoms with Crippen molar-refractivity contribution in [2.45, 2.75) is 26.8 Å². The molecule has 0 saturated carbocycles. The Bertz CT molecular complexity index is 1020. The number of anilines is 2. The highest BCUT2D eigenvalue weighted by Crippen LogP contribution is 2.29. The van der Waals surface area contributed by atoms with Crippen molar-refractivity contribution in [1.82, 2.24) is 0 Å². The number of carbonyl (C=O) groups is 1. The lowest BCUT2D eigenvalue weighted by molar-refractivity contribution is -0.384. The Kier molecular flexibility index (Phi) is 6.80. The van der Waals surface area contributed by atoms with Gasteiger partial charge < -0.3 is 10.1 Å². The van der Waals surface area contributed by atoms with Crippen LogP contribution < -0.4 is 14.4 Å². The SMILES string of the molecule is CCOc1cccc(NC(=O)[C@@H](C)N(c2cc([N+](=O)[O-])ccc2C)S(C)(=O)=O)c1. The molecule has 0 unspecified atom stereocenters. The van der Waals surface area contributed by atoms with Gasteiger partial charge in [-0.25, -0.2) is 8.42 Å². The van der Waals surface area contributed by atoms with Crippen molar-refractivity contribution in [3.8, 4) is 5.75 Å². The molecule has 1 amide bonds. The Balaban J connectivity index is 2.39. The van der Waals surface area contributed by atoms with Crippen LogP contribution in [0.3, 0.4) is 0 Å². The summed E-state index contributed by atoms with van der Waals surface area (Å²) in [5.74, 6) is -0.0255. The average molecular weight is 421 g/mol. The number of hydrogen-bond acceptors (Lipinski definition) is 6. The molecule has 0 radical (unpaired) electrons. The number of rotatable bonds is 8. The Morgan fingerprint density at radius 3 is 2.55 bits per heavy atom. The van der Waals surface area contributed by atoms with E-state index in [-0.39, 0.29) is 11.4 Å². The number of nitrogens with one attached hydrogen (secondary N) is 1. The molecule has 0 saturated heterocycles. The first kappa shape index (κ1) is 22.2. The molecule has 0 aromatic heterocycles. The van der Waals surface area contributed by atoms with Crippen LogP contribution in [0.2, 0.25) is 0 Å². The molecule has 0 heterocycles. The molecular formula is C19H23N3O6S. The van der Waals surface area contributed by atoms with E-state index < -0.39 is 26.9 Å². The molecule has 2 rings (SSSR count). The first-order valence-electron chi connectivity index (χ1n) is 8.82. The highest BCUT2D eigenvalue weighted by molar-refractivity contribution is 7.92. The van der Waals surface area contributed by atoms with E-state index >= 15 is 0 Å². The van der Waals surface area contributed by atoms with Crippen molar-refractivity contribution in [2.75, 3.05) is 22.5 Å². The summed E-state index contributed by atoms with van der Waals surface area (Å²) < 4.78 is 31.2.